The zero-order valence-electron chi connectivity index (χ0n) is 16.4. The molecule has 1 spiro atoms. The summed E-state index contributed by atoms with van der Waals surface area (Å²) in [5.74, 6) is 0.725. The summed E-state index contributed by atoms with van der Waals surface area (Å²) in [6.07, 6.45) is 0.378. The lowest BCUT2D eigenvalue weighted by molar-refractivity contribution is -0.0709. The molecule has 27 heavy (non-hydrogen) atoms. The number of ether oxygens (including phenoxy) is 3. The summed E-state index contributed by atoms with van der Waals surface area (Å²) in [6, 6.07) is 7.79. The molecule has 7 nitrogen and oxygen atoms in total. The molecule has 0 aromatic heterocycles. The highest BCUT2D eigenvalue weighted by Crippen LogP contribution is 2.44. The second-order valence-corrected chi connectivity index (χ2v) is 8.10. The van der Waals surface area contributed by atoms with Crippen molar-refractivity contribution in [2.75, 3.05) is 26.7 Å². The Morgan fingerprint density at radius 1 is 1.26 bits per heavy atom. The fraction of sp³-hybridized carbons (Fsp3) is 0.600. The number of amides is 2. The molecule has 2 heterocycles. The number of piperidine rings is 1. The minimum absolute atomic E-state index is 0.0489. The lowest BCUT2D eigenvalue weighted by Gasteiger charge is -2.48. The van der Waals surface area contributed by atoms with Gasteiger partial charge in [0.1, 0.15) is 17.0 Å². The third kappa shape index (κ3) is 4.12. The fourth-order valence-electron chi connectivity index (χ4n) is 3.86. The Morgan fingerprint density at radius 3 is 2.56 bits per heavy atom. The Balaban J connectivity index is 1.80. The summed E-state index contributed by atoms with van der Waals surface area (Å²) >= 11 is 0. The monoisotopic (exact) mass is 376 g/mol. The summed E-state index contributed by atoms with van der Waals surface area (Å²) in [4.78, 5) is 26.1. The molecule has 3 rings (SSSR count). The van der Waals surface area contributed by atoms with Crippen LogP contribution in [0.5, 0.6) is 5.75 Å². The van der Waals surface area contributed by atoms with Gasteiger partial charge in [-0.05, 0) is 26.8 Å². The van der Waals surface area contributed by atoms with Crippen molar-refractivity contribution in [3.8, 4) is 5.75 Å². The number of nitrogens with zero attached hydrogens (tertiary/aromatic N) is 1. The Kier molecular flexibility index (Phi) is 5.22. The van der Waals surface area contributed by atoms with E-state index in [-0.39, 0.29) is 12.0 Å². The van der Waals surface area contributed by atoms with Crippen LogP contribution < -0.4 is 10.1 Å². The van der Waals surface area contributed by atoms with E-state index in [0.717, 1.165) is 11.3 Å². The highest BCUT2D eigenvalue weighted by Gasteiger charge is 2.50. The predicted molar refractivity (Wildman–Crippen MR) is 100.0 cm³/mol. The maximum atomic E-state index is 12.4. The number of methoxy groups -OCH3 is 1. The van der Waals surface area contributed by atoms with Crippen LogP contribution in [-0.2, 0) is 9.47 Å². The number of carbonyl (C=O) groups excluding carboxylic acids is 2. The van der Waals surface area contributed by atoms with Crippen molar-refractivity contribution in [3.63, 3.8) is 0 Å². The molecule has 0 unspecified atom stereocenters. The number of nitrogens with one attached hydrogen (secondary N) is 1. The first-order valence-corrected chi connectivity index (χ1v) is 9.32. The number of carbonyl (C=O) groups is 2. The number of hydrogen-bond acceptors (Lipinski definition) is 5. The van der Waals surface area contributed by atoms with Gasteiger partial charge in [0.15, 0.2) is 0 Å². The first kappa shape index (κ1) is 19.3. The van der Waals surface area contributed by atoms with E-state index in [2.05, 4.69) is 5.32 Å². The summed E-state index contributed by atoms with van der Waals surface area (Å²) < 4.78 is 16.8. The molecule has 1 atom stereocenters. The standard InChI is InChI=1S/C20H28N2O5/c1-19(2,3)27-18(24)22-11-9-20(10-12-22)15(13-21-17(23)26-20)14-7-5-6-8-16(14)25-4/h5-8,15H,9-13H2,1-4H3,(H,21,23)/t15-/m0/s1. The molecule has 7 heteroatoms. The normalized spacial score (nSPS) is 22.0. The van der Waals surface area contributed by atoms with Crippen LogP contribution in [0.3, 0.4) is 0 Å². The van der Waals surface area contributed by atoms with Crippen LogP contribution in [0.25, 0.3) is 0 Å². The van der Waals surface area contributed by atoms with Crippen molar-refractivity contribution in [1.82, 2.24) is 10.2 Å². The highest BCUT2D eigenvalue weighted by molar-refractivity contribution is 5.70. The van der Waals surface area contributed by atoms with Gasteiger partial charge in [0.05, 0.1) is 7.11 Å². The lowest BCUT2D eigenvalue weighted by Crippen LogP contribution is -2.58. The van der Waals surface area contributed by atoms with Gasteiger partial charge in [-0.2, -0.15) is 0 Å². The van der Waals surface area contributed by atoms with Crippen LogP contribution in [0.2, 0.25) is 0 Å². The fourth-order valence-corrected chi connectivity index (χ4v) is 3.86. The average molecular weight is 376 g/mol. The number of para-hydroxylation sites is 1. The molecule has 0 aliphatic carbocycles. The minimum atomic E-state index is -0.657. The molecule has 0 bridgehead atoms. The molecule has 1 aromatic rings. The first-order valence-electron chi connectivity index (χ1n) is 9.32. The highest BCUT2D eigenvalue weighted by atomic mass is 16.6. The summed E-state index contributed by atoms with van der Waals surface area (Å²) in [7, 11) is 1.64. The van der Waals surface area contributed by atoms with E-state index in [9.17, 15) is 9.59 Å². The number of likely N-dealkylation sites (tertiary alicyclic amines) is 1. The number of alkyl carbamates (subject to hydrolysis) is 1. The van der Waals surface area contributed by atoms with E-state index in [0.29, 0.717) is 32.5 Å². The second kappa shape index (κ2) is 7.29. The van der Waals surface area contributed by atoms with Crippen molar-refractivity contribution in [3.05, 3.63) is 29.8 Å². The zero-order chi connectivity index (χ0) is 19.7. The lowest BCUT2D eigenvalue weighted by atomic mass is 9.74. The molecular weight excluding hydrogens is 348 g/mol. The molecule has 2 aliphatic rings. The van der Waals surface area contributed by atoms with Gasteiger partial charge in [-0.15, -0.1) is 0 Å². The third-order valence-electron chi connectivity index (χ3n) is 5.16. The van der Waals surface area contributed by atoms with Crippen LogP contribution in [0.4, 0.5) is 9.59 Å². The first-order chi connectivity index (χ1) is 12.7. The maximum absolute atomic E-state index is 12.4. The van der Waals surface area contributed by atoms with Crippen molar-refractivity contribution >= 4 is 12.2 Å². The van der Waals surface area contributed by atoms with E-state index >= 15 is 0 Å². The molecule has 2 saturated heterocycles. The Hall–Kier alpha value is -2.44. The number of hydrogen-bond donors (Lipinski definition) is 1. The molecule has 2 aliphatic heterocycles. The van der Waals surface area contributed by atoms with Gasteiger partial charge in [-0.1, -0.05) is 18.2 Å². The quantitative estimate of drug-likeness (QED) is 0.857. The number of benzene rings is 1. The minimum Gasteiger partial charge on any atom is -0.496 e. The zero-order valence-corrected chi connectivity index (χ0v) is 16.4. The van der Waals surface area contributed by atoms with E-state index in [1.54, 1.807) is 12.0 Å². The molecular formula is C20H28N2O5. The van der Waals surface area contributed by atoms with Crippen LogP contribution in [0, 0.1) is 0 Å². The van der Waals surface area contributed by atoms with Crippen molar-refractivity contribution in [2.24, 2.45) is 0 Å². The van der Waals surface area contributed by atoms with Gasteiger partial charge in [-0.25, -0.2) is 9.59 Å². The molecule has 0 radical (unpaired) electrons. The van der Waals surface area contributed by atoms with Gasteiger partial charge in [0.25, 0.3) is 0 Å². The molecule has 148 valence electrons. The molecule has 0 saturated carbocycles. The van der Waals surface area contributed by atoms with Gasteiger partial charge >= 0.3 is 12.2 Å². The van der Waals surface area contributed by atoms with Crippen LogP contribution in [-0.4, -0.2) is 55.0 Å². The molecule has 1 aromatic carbocycles. The van der Waals surface area contributed by atoms with Gasteiger partial charge < -0.3 is 24.4 Å². The van der Waals surface area contributed by atoms with Crippen LogP contribution >= 0.6 is 0 Å². The van der Waals surface area contributed by atoms with E-state index in [4.69, 9.17) is 14.2 Å². The number of rotatable bonds is 2. The molecule has 2 fully saturated rings. The topological polar surface area (TPSA) is 77.1 Å². The van der Waals surface area contributed by atoms with Gasteiger partial charge in [0, 0.05) is 44.0 Å². The van der Waals surface area contributed by atoms with Crippen molar-refractivity contribution in [1.29, 1.82) is 0 Å². The van der Waals surface area contributed by atoms with Crippen LogP contribution in [0.1, 0.15) is 45.1 Å². The van der Waals surface area contributed by atoms with Gasteiger partial charge in [0.2, 0.25) is 0 Å². The summed E-state index contributed by atoms with van der Waals surface area (Å²) in [6.45, 7) is 6.99. The van der Waals surface area contributed by atoms with Crippen molar-refractivity contribution < 1.29 is 23.8 Å². The second-order valence-electron chi connectivity index (χ2n) is 8.10. The van der Waals surface area contributed by atoms with Crippen LogP contribution in [0.15, 0.2) is 24.3 Å². The smallest absolute Gasteiger partial charge is 0.410 e. The SMILES string of the molecule is COc1ccccc1[C@@H]1CNC(=O)OC12CCN(C(=O)OC(C)(C)C)CC2. The molecule has 2 amide bonds. The Morgan fingerprint density at radius 2 is 1.93 bits per heavy atom. The molecule has 1 N–H and O–H groups in total. The Labute approximate surface area is 160 Å². The predicted octanol–water partition coefficient (Wildman–Crippen LogP) is 3.29. The third-order valence-corrected chi connectivity index (χ3v) is 5.16. The summed E-state index contributed by atoms with van der Waals surface area (Å²) in [5.41, 5.74) is -0.186. The average Bonchev–Trinajstić information content (AvgIpc) is 2.61. The van der Waals surface area contributed by atoms with E-state index < -0.39 is 17.3 Å². The van der Waals surface area contributed by atoms with E-state index in [1.165, 1.54) is 0 Å². The summed E-state index contributed by atoms with van der Waals surface area (Å²) in [5, 5.41) is 2.80. The van der Waals surface area contributed by atoms with Crippen molar-refractivity contribution in [2.45, 2.75) is 50.7 Å². The Bertz CT molecular complexity index is 705. The largest absolute Gasteiger partial charge is 0.496 e. The van der Waals surface area contributed by atoms with E-state index in [1.807, 2.05) is 45.0 Å². The maximum Gasteiger partial charge on any atom is 0.410 e. The van der Waals surface area contributed by atoms with Gasteiger partial charge in [-0.3, -0.25) is 0 Å².